The molecule has 2 N–H and O–H groups in total. The number of carbonyl (C=O) groups is 1. The van der Waals surface area contributed by atoms with Crippen LogP contribution in [-0.2, 0) is 9.53 Å². The third-order valence-electron chi connectivity index (χ3n) is 2.72. The van der Waals surface area contributed by atoms with Crippen molar-refractivity contribution in [3.8, 4) is 0 Å². The maximum atomic E-state index is 11.6. The molecule has 0 aromatic rings. The maximum Gasteiger partial charge on any atom is 0.246 e. The van der Waals surface area contributed by atoms with Crippen molar-refractivity contribution in [2.45, 2.75) is 38.8 Å². The van der Waals surface area contributed by atoms with Crippen LogP contribution in [0.4, 0.5) is 0 Å². The monoisotopic (exact) mass is 260 g/mol. The van der Waals surface area contributed by atoms with Crippen molar-refractivity contribution in [3.05, 3.63) is 0 Å². The second-order valence-corrected chi connectivity index (χ2v) is 5.71. The molecule has 0 aromatic carbocycles. The third-order valence-corrected chi connectivity index (χ3v) is 3.86. The number of hydrogen-bond donors (Lipinski definition) is 2. The van der Waals surface area contributed by atoms with Gasteiger partial charge in [-0.3, -0.25) is 4.79 Å². The minimum atomic E-state index is 0.00716. The Hall–Kier alpha value is -0.260. The predicted octanol–water partition coefficient (Wildman–Crippen LogP) is 1.01. The smallest absolute Gasteiger partial charge is 0.246 e. The largest absolute Gasteiger partial charge is 0.368 e. The summed E-state index contributed by atoms with van der Waals surface area (Å²) in [6, 6.07) is 0.226. The standard InChI is InChI=1S/C12H24N2O2S/c1-3-17-9-10(2)14-12(15)8-16-11-4-6-13-7-5-11/h10-11,13H,3-9H2,1-2H3,(H,14,15). The van der Waals surface area contributed by atoms with Gasteiger partial charge in [0.1, 0.15) is 6.61 Å². The molecule has 1 atom stereocenters. The van der Waals surface area contributed by atoms with Gasteiger partial charge in [0.05, 0.1) is 6.10 Å². The number of nitrogens with one attached hydrogen (secondary N) is 2. The molecule has 1 heterocycles. The van der Waals surface area contributed by atoms with Gasteiger partial charge >= 0.3 is 0 Å². The fourth-order valence-corrected chi connectivity index (χ4v) is 2.48. The minimum Gasteiger partial charge on any atom is -0.368 e. The van der Waals surface area contributed by atoms with Gasteiger partial charge in [0.15, 0.2) is 0 Å². The Kier molecular flexibility index (Phi) is 7.64. The Morgan fingerprint density at radius 3 is 2.88 bits per heavy atom. The highest BCUT2D eigenvalue weighted by atomic mass is 32.2. The number of hydrogen-bond acceptors (Lipinski definition) is 4. The van der Waals surface area contributed by atoms with Crippen LogP contribution in [0.25, 0.3) is 0 Å². The molecule has 0 saturated carbocycles. The Morgan fingerprint density at radius 2 is 2.24 bits per heavy atom. The molecule has 0 aliphatic carbocycles. The van der Waals surface area contributed by atoms with Crippen molar-refractivity contribution in [1.29, 1.82) is 0 Å². The fraction of sp³-hybridized carbons (Fsp3) is 0.917. The van der Waals surface area contributed by atoms with Crippen molar-refractivity contribution in [2.75, 3.05) is 31.2 Å². The Labute approximate surface area is 108 Å². The molecule has 5 heteroatoms. The summed E-state index contributed by atoms with van der Waals surface area (Å²) in [4.78, 5) is 11.6. The average Bonchev–Trinajstić information content (AvgIpc) is 2.35. The van der Waals surface area contributed by atoms with Gasteiger partial charge in [-0.05, 0) is 38.6 Å². The lowest BCUT2D eigenvalue weighted by molar-refractivity contribution is -0.128. The van der Waals surface area contributed by atoms with Crippen molar-refractivity contribution < 1.29 is 9.53 Å². The molecule has 0 aromatic heterocycles. The molecule has 1 saturated heterocycles. The first-order valence-corrected chi connectivity index (χ1v) is 7.57. The normalized spacial score (nSPS) is 18.9. The van der Waals surface area contributed by atoms with Crippen molar-refractivity contribution >= 4 is 17.7 Å². The van der Waals surface area contributed by atoms with Crippen molar-refractivity contribution in [3.63, 3.8) is 0 Å². The molecule has 4 nitrogen and oxygen atoms in total. The van der Waals surface area contributed by atoms with Gasteiger partial charge in [-0.15, -0.1) is 0 Å². The Morgan fingerprint density at radius 1 is 1.53 bits per heavy atom. The molecular weight excluding hydrogens is 236 g/mol. The van der Waals surface area contributed by atoms with Gasteiger partial charge in [0, 0.05) is 11.8 Å². The first-order valence-electron chi connectivity index (χ1n) is 6.41. The van der Waals surface area contributed by atoms with Gasteiger partial charge in [0.25, 0.3) is 0 Å². The second-order valence-electron chi connectivity index (χ2n) is 4.39. The molecule has 0 bridgehead atoms. The Bertz CT molecular complexity index is 221. The van der Waals surface area contributed by atoms with Gasteiger partial charge in [-0.1, -0.05) is 6.92 Å². The van der Waals surface area contributed by atoms with Gasteiger partial charge < -0.3 is 15.4 Å². The van der Waals surface area contributed by atoms with E-state index in [9.17, 15) is 4.79 Å². The topological polar surface area (TPSA) is 50.4 Å². The average molecular weight is 260 g/mol. The molecule has 17 heavy (non-hydrogen) atoms. The van der Waals surface area contributed by atoms with Crippen LogP contribution in [-0.4, -0.2) is 49.3 Å². The summed E-state index contributed by atoms with van der Waals surface area (Å²) in [6.07, 6.45) is 2.27. The number of amides is 1. The lowest BCUT2D eigenvalue weighted by Crippen LogP contribution is -2.39. The van der Waals surface area contributed by atoms with E-state index in [0.29, 0.717) is 0 Å². The second kappa shape index (κ2) is 8.78. The van der Waals surface area contributed by atoms with E-state index in [1.807, 2.05) is 18.7 Å². The number of thioether (sulfide) groups is 1. The van der Waals surface area contributed by atoms with Crippen LogP contribution in [0.2, 0.25) is 0 Å². The van der Waals surface area contributed by atoms with Crippen LogP contribution in [0, 0.1) is 0 Å². The van der Waals surface area contributed by atoms with Crippen LogP contribution in [0.1, 0.15) is 26.7 Å². The van der Waals surface area contributed by atoms with Gasteiger partial charge in [-0.2, -0.15) is 11.8 Å². The summed E-state index contributed by atoms with van der Waals surface area (Å²) in [6.45, 7) is 6.35. The van der Waals surface area contributed by atoms with E-state index in [4.69, 9.17) is 4.74 Å². The summed E-state index contributed by atoms with van der Waals surface area (Å²) in [5.74, 6) is 2.06. The number of carbonyl (C=O) groups excluding carboxylic acids is 1. The zero-order chi connectivity index (χ0) is 12.5. The number of rotatable bonds is 7. The molecule has 1 aliphatic heterocycles. The fourth-order valence-electron chi connectivity index (χ4n) is 1.81. The summed E-state index contributed by atoms with van der Waals surface area (Å²) in [7, 11) is 0. The molecule has 0 radical (unpaired) electrons. The van der Waals surface area contributed by atoms with Crippen molar-refractivity contribution in [2.24, 2.45) is 0 Å². The van der Waals surface area contributed by atoms with Crippen LogP contribution in [0.5, 0.6) is 0 Å². The van der Waals surface area contributed by atoms with Crippen LogP contribution in [0.3, 0.4) is 0 Å². The number of ether oxygens (including phenoxy) is 1. The quantitative estimate of drug-likeness (QED) is 0.717. The lowest BCUT2D eigenvalue weighted by atomic mass is 10.1. The molecule has 100 valence electrons. The van der Waals surface area contributed by atoms with E-state index in [1.54, 1.807) is 0 Å². The molecule has 1 rings (SSSR count). The molecule has 1 fully saturated rings. The number of piperidine rings is 1. The molecule has 1 aliphatic rings. The SMILES string of the molecule is CCSCC(C)NC(=O)COC1CCNCC1. The molecule has 1 unspecified atom stereocenters. The highest BCUT2D eigenvalue weighted by molar-refractivity contribution is 7.99. The molecule has 1 amide bonds. The molecule has 0 spiro atoms. The zero-order valence-corrected chi connectivity index (χ0v) is 11.6. The first-order chi connectivity index (χ1) is 8.22. The van der Waals surface area contributed by atoms with E-state index in [0.717, 1.165) is 37.4 Å². The van der Waals surface area contributed by atoms with E-state index >= 15 is 0 Å². The van der Waals surface area contributed by atoms with E-state index < -0.39 is 0 Å². The van der Waals surface area contributed by atoms with Crippen molar-refractivity contribution in [1.82, 2.24) is 10.6 Å². The summed E-state index contributed by atoms with van der Waals surface area (Å²) >= 11 is 1.84. The first kappa shape index (κ1) is 14.8. The van der Waals surface area contributed by atoms with E-state index in [2.05, 4.69) is 17.6 Å². The summed E-state index contributed by atoms with van der Waals surface area (Å²) < 4.78 is 5.59. The van der Waals surface area contributed by atoms with Crippen LogP contribution >= 0.6 is 11.8 Å². The van der Waals surface area contributed by atoms with Crippen LogP contribution < -0.4 is 10.6 Å². The predicted molar refractivity (Wildman–Crippen MR) is 72.4 cm³/mol. The van der Waals surface area contributed by atoms with E-state index in [-0.39, 0.29) is 24.7 Å². The summed E-state index contributed by atoms with van der Waals surface area (Å²) in [5, 5.41) is 6.23. The van der Waals surface area contributed by atoms with Gasteiger partial charge in [0.2, 0.25) is 5.91 Å². The molecular formula is C12H24N2O2S. The zero-order valence-electron chi connectivity index (χ0n) is 10.8. The maximum absolute atomic E-state index is 11.6. The minimum absolute atomic E-state index is 0.00716. The van der Waals surface area contributed by atoms with E-state index in [1.165, 1.54) is 0 Å². The highest BCUT2D eigenvalue weighted by Gasteiger charge is 2.15. The summed E-state index contributed by atoms with van der Waals surface area (Å²) in [5.41, 5.74) is 0. The van der Waals surface area contributed by atoms with Gasteiger partial charge in [-0.25, -0.2) is 0 Å². The highest BCUT2D eigenvalue weighted by Crippen LogP contribution is 2.06. The Balaban J connectivity index is 2.07. The lowest BCUT2D eigenvalue weighted by Gasteiger charge is -2.23. The third kappa shape index (κ3) is 6.91. The van der Waals surface area contributed by atoms with Crippen LogP contribution in [0.15, 0.2) is 0 Å².